The zero-order valence-corrected chi connectivity index (χ0v) is 14.7. The number of alkyl halides is 3. The maximum Gasteiger partial charge on any atom is 0.416 e. The Bertz CT molecular complexity index is 719. The van der Waals surface area contributed by atoms with Crippen LogP contribution in [-0.4, -0.2) is 47.9 Å². The Kier molecular flexibility index (Phi) is 5.57. The van der Waals surface area contributed by atoms with Gasteiger partial charge in [0, 0.05) is 38.6 Å². The number of rotatable bonds is 3. The van der Waals surface area contributed by atoms with Crippen molar-refractivity contribution in [1.29, 1.82) is 0 Å². The van der Waals surface area contributed by atoms with Crippen LogP contribution in [0.25, 0.3) is 0 Å². The number of halogens is 4. The van der Waals surface area contributed by atoms with Crippen LogP contribution in [0.3, 0.4) is 0 Å². The van der Waals surface area contributed by atoms with E-state index in [-0.39, 0.29) is 23.9 Å². The topological polar surface area (TPSA) is 52.7 Å². The lowest BCUT2D eigenvalue weighted by Crippen LogP contribution is -2.42. The van der Waals surface area contributed by atoms with Gasteiger partial charge in [0.05, 0.1) is 5.56 Å². The second kappa shape index (κ2) is 7.74. The number of hydrogen-bond donors (Lipinski definition) is 1. The van der Waals surface area contributed by atoms with E-state index < -0.39 is 23.6 Å². The molecule has 5 nitrogen and oxygen atoms in total. The van der Waals surface area contributed by atoms with Crippen molar-refractivity contribution in [3.8, 4) is 0 Å². The minimum Gasteiger partial charge on any atom is -0.341 e. The van der Waals surface area contributed by atoms with Gasteiger partial charge in [0.15, 0.2) is 0 Å². The van der Waals surface area contributed by atoms with Gasteiger partial charge in [-0.2, -0.15) is 13.2 Å². The van der Waals surface area contributed by atoms with Gasteiger partial charge in [-0.3, -0.25) is 4.79 Å². The van der Waals surface area contributed by atoms with Crippen LogP contribution in [0, 0.1) is 11.7 Å². The van der Waals surface area contributed by atoms with Crippen LogP contribution in [0.1, 0.15) is 30.4 Å². The fourth-order valence-corrected chi connectivity index (χ4v) is 3.18. The van der Waals surface area contributed by atoms with Gasteiger partial charge in [-0.1, -0.05) is 6.07 Å². The SMILES string of the molecule is O=C(NCc1ccc(F)cc1C(F)(F)F)N1CCCN(C(=O)C2CC2)CC1. The lowest BCUT2D eigenvalue weighted by molar-refractivity contribution is -0.138. The van der Waals surface area contributed by atoms with E-state index >= 15 is 0 Å². The molecule has 1 N–H and O–H groups in total. The predicted molar refractivity (Wildman–Crippen MR) is 89.1 cm³/mol. The van der Waals surface area contributed by atoms with Gasteiger partial charge in [-0.25, -0.2) is 9.18 Å². The number of carbonyl (C=O) groups excluding carboxylic acids is 2. The molecule has 1 aromatic carbocycles. The molecule has 2 fully saturated rings. The van der Waals surface area contributed by atoms with E-state index in [1.54, 1.807) is 4.90 Å². The predicted octanol–water partition coefficient (Wildman–Crippen LogP) is 3.00. The molecule has 0 spiro atoms. The molecule has 27 heavy (non-hydrogen) atoms. The summed E-state index contributed by atoms with van der Waals surface area (Å²) in [4.78, 5) is 27.7. The van der Waals surface area contributed by atoms with Crippen molar-refractivity contribution in [3.63, 3.8) is 0 Å². The summed E-state index contributed by atoms with van der Waals surface area (Å²) in [5.41, 5.74) is -1.29. The first-order chi connectivity index (χ1) is 12.8. The maximum atomic E-state index is 13.1. The van der Waals surface area contributed by atoms with E-state index in [9.17, 15) is 27.2 Å². The summed E-state index contributed by atoms with van der Waals surface area (Å²) in [5, 5.41) is 2.47. The van der Waals surface area contributed by atoms with Crippen LogP contribution >= 0.6 is 0 Å². The van der Waals surface area contributed by atoms with Gasteiger partial charge < -0.3 is 15.1 Å². The molecule has 148 valence electrons. The summed E-state index contributed by atoms with van der Waals surface area (Å²) in [6.07, 6.45) is -2.25. The molecule has 0 aromatic heterocycles. The van der Waals surface area contributed by atoms with E-state index in [4.69, 9.17) is 0 Å². The Balaban J connectivity index is 1.57. The van der Waals surface area contributed by atoms with E-state index in [2.05, 4.69) is 5.32 Å². The van der Waals surface area contributed by atoms with Gasteiger partial charge in [0.1, 0.15) is 5.82 Å². The molecule has 2 aliphatic rings. The van der Waals surface area contributed by atoms with E-state index in [1.165, 1.54) is 4.90 Å². The number of nitrogens with one attached hydrogen (secondary N) is 1. The summed E-state index contributed by atoms with van der Waals surface area (Å²) in [5.74, 6) is -0.742. The summed E-state index contributed by atoms with van der Waals surface area (Å²) in [6.45, 7) is 1.41. The van der Waals surface area contributed by atoms with Crippen molar-refractivity contribution in [2.45, 2.75) is 32.0 Å². The van der Waals surface area contributed by atoms with Crippen molar-refractivity contribution in [3.05, 3.63) is 35.1 Å². The third-order valence-electron chi connectivity index (χ3n) is 4.83. The number of urea groups is 1. The number of carbonyl (C=O) groups is 2. The van der Waals surface area contributed by atoms with Crippen LogP contribution < -0.4 is 5.32 Å². The molecule has 9 heteroatoms. The fourth-order valence-electron chi connectivity index (χ4n) is 3.18. The molecule has 1 heterocycles. The molecular formula is C18H21F4N3O2. The average Bonchev–Trinajstić information content (AvgIpc) is 3.45. The largest absolute Gasteiger partial charge is 0.416 e. The average molecular weight is 387 g/mol. The fraction of sp³-hybridized carbons (Fsp3) is 0.556. The summed E-state index contributed by atoms with van der Waals surface area (Å²) in [7, 11) is 0. The molecule has 1 saturated carbocycles. The second-order valence-corrected chi connectivity index (χ2v) is 6.90. The van der Waals surface area contributed by atoms with Crippen molar-refractivity contribution in [2.24, 2.45) is 5.92 Å². The highest BCUT2D eigenvalue weighted by molar-refractivity contribution is 5.81. The molecule has 1 aliphatic carbocycles. The maximum absolute atomic E-state index is 13.1. The Labute approximate surface area is 154 Å². The molecule has 0 radical (unpaired) electrons. The van der Waals surface area contributed by atoms with Crippen LogP contribution in [-0.2, 0) is 17.5 Å². The summed E-state index contributed by atoms with van der Waals surface area (Å²) < 4.78 is 52.2. The van der Waals surface area contributed by atoms with E-state index in [0.717, 1.165) is 25.0 Å². The van der Waals surface area contributed by atoms with E-state index in [1.807, 2.05) is 0 Å². The van der Waals surface area contributed by atoms with Crippen LogP contribution in [0.15, 0.2) is 18.2 Å². The van der Waals surface area contributed by atoms with Crippen molar-refractivity contribution in [1.82, 2.24) is 15.1 Å². The quantitative estimate of drug-likeness (QED) is 0.811. The Morgan fingerprint density at radius 1 is 1.07 bits per heavy atom. The smallest absolute Gasteiger partial charge is 0.341 e. The van der Waals surface area contributed by atoms with Gasteiger partial charge in [-0.15, -0.1) is 0 Å². The monoisotopic (exact) mass is 387 g/mol. The molecule has 3 amide bonds. The molecular weight excluding hydrogens is 366 g/mol. The second-order valence-electron chi connectivity index (χ2n) is 6.90. The van der Waals surface area contributed by atoms with Gasteiger partial charge >= 0.3 is 12.2 Å². The van der Waals surface area contributed by atoms with Crippen LogP contribution in [0.4, 0.5) is 22.4 Å². The van der Waals surface area contributed by atoms with Crippen molar-refractivity contribution in [2.75, 3.05) is 26.2 Å². The number of hydrogen-bond acceptors (Lipinski definition) is 2. The highest BCUT2D eigenvalue weighted by Crippen LogP contribution is 2.33. The first-order valence-corrected chi connectivity index (χ1v) is 8.93. The first-order valence-electron chi connectivity index (χ1n) is 8.93. The standard InChI is InChI=1S/C18H21F4N3O2/c19-14-5-4-13(15(10-14)18(20,21)22)11-23-17(27)25-7-1-6-24(8-9-25)16(26)12-2-3-12/h4-5,10,12H,1-3,6-9,11H2,(H,23,27). The van der Waals surface area contributed by atoms with Gasteiger partial charge in [0.2, 0.25) is 5.91 Å². The molecule has 0 unspecified atom stereocenters. The third-order valence-corrected chi connectivity index (χ3v) is 4.83. The highest BCUT2D eigenvalue weighted by atomic mass is 19.4. The normalized spacial score (nSPS) is 18.2. The lowest BCUT2D eigenvalue weighted by Gasteiger charge is -2.23. The molecule has 1 aromatic rings. The van der Waals surface area contributed by atoms with Gasteiger partial charge in [0.25, 0.3) is 0 Å². The summed E-state index contributed by atoms with van der Waals surface area (Å²) >= 11 is 0. The molecule has 0 bridgehead atoms. The molecule has 1 aliphatic heterocycles. The highest BCUT2D eigenvalue weighted by Gasteiger charge is 2.35. The minimum atomic E-state index is -4.70. The molecule has 0 atom stereocenters. The zero-order chi connectivity index (χ0) is 19.6. The van der Waals surface area contributed by atoms with Crippen molar-refractivity contribution < 1.29 is 27.2 Å². The van der Waals surface area contributed by atoms with Crippen LogP contribution in [0.2, 0.25) is 0 Å². The first kappa shape index (κ1) is 19.4. The van der Waals surface area contributed by atoms with Crippen molar-refractivity contribution >= 4 is 11.9 Å². The third kappa shape index (κ3) is 4.90. The van der Waals surface area contributed by atoms with E-state index in [0.29, 0.717) is 38.7 Å². The Morgan fingerprint density at radius 2 is 1.74 bits per heavy atom. The van der Waals surface area contributed by atoms with Gasteiger partial charge in [-0.05, 0) is 37.0 Å². The van der Waals surface area contributed by atoms with Crippen LogP contribution in [0.5, 0.6) is 0 Å². The summed E-state index contributed by atoms with van der Waals surface area (Å²) in [6, 6.07) is 1.89. The Hall–Kier alpha value is -2.32. The minimum absolute atomic E-state index is 0.115. The number of benzene rings is 1. The Morgan fingerprint density at radius 3 is 2.41 bits per heavy atom. The molecule has 3 rings (SSSR count). The number of nitrogens with zero attached hydrogens (tertiary/aromatic N) is 2. The molecule has 1 saturated heterocycles. The number of amides is 3. The lowest BCUT2D eigenvalue weighted by atomic mass is 10.1. The zero-order valence-electron chi connectivity index (χ0n) is 14.7.